The zero-order valence-corrected chi connectivity index (χ0v) is 13.9. The third kappa shape index (κ3) is 4.85. The molecule has 0 aliphatic carbocycles. The molecule has 9 nitrogen and oxygen atoms in total. The Labute approximate surface area is 139 Å². The second kappa shape index (κ2) is 7.99. The quantitative estimate of drug-likeness (QED) is 0.580. The number of benzene rings is 1. The van der Waals surface area contributed by atoms with Crippen LogP contribution in [-0.2, 0) is 16.6 Å². The highest BCUT2D eigenvalue weighted by atomic mass is 32.2. The van der Waals surface area contributed by atoms with Crippen LogP contribution in [0.1, 0.15) is 17.3 Å². The third-order valence-electron chi connectivity index (χ3n) is 3.14. The lowest BCUT2D eigenvalue weighted by Crippen LogP contribution is -2.35. The molecule has 0 radical (unpaired) electrons. The van der Waals surface area contributed by atoms with Gasteiger partial charge in [-0.3, -0.25) is 9.48 Å². The van der Waals surface area contributed by atoms with Gasteiger partial charge in [-0.25, -0.2) is 18.1 Å². The summed E-state index contributed by atoms with van der Waals surface area (Å²) in [6, 6.07) is 5.39. The van der Waals surface area contributed by atoms with Crippen LogP contribution in [0.5, 0.6) is 0 Å². The van der Waals surface area contributed by atoms with Gasteiger partial charge in [0.05, 0.1) is 18.0 Å². The molecule has 1 heterocycles. The highest BCUT2D eigenvalue weighted by molar-refractivity contribution is 7.89. The maximum absolute atomic E-state index is 12.2. The Morgan fingerprint density at radius 1 is 1.33 bits per heavy atom. The van der Waals surface area contributed by atoms with Crippen molar-refractivity contribution < 1.29 is 18.3 Å². The van der Waals surface area contributed by atoms with Gasteiger partial charge < -0.3 is 10.4 Å². The Morgan fingerprint density at radius 2 is 2.04 bits per heavy atom. The summed E-state index contributed by atoms with van der Waals surface area (Å²) in [6.07, 6.45) is 2.97. The minimum absolute atomic E-state index is 0.0307. The summed E-state index contributed by atoms with van der Waals surface area (Å²) in [5, 5.41) is 15.4. The highest BCUT2D eigenvalue weighted by Crippen LogP contribution is 2.10. The van der Waals surface area contributed by atoms with Gasteiger partial charge in [-0.1, -0.05) is 0 Å². The molecule has 2 aromatic rings. The molecule has 0 aliphatic heterocycles. The van der Waals surface area contributed by atoms with E-state index in [1.165, 1.54) is 30.6 Å². The standard InChI is InChI=1S/C14H19N5O4S/c1-11(8-19-10-15-9-16-19)18-14(21)12-2-4-13(5-3-12)24(22,23)17-6-7-20/h2-5,9-11,17,20H,6-8H2,1H3,(H,18,21)/t11-/m1/s1. The SMILES string of the molecule is C[C@H](Cn1cncn1)NC(=O)c1ccc(S(=O)(=O)NCCO)cc1. The molecule has 1 amide bonds. The Hall–Kier alpha value is -2.30. The number of sulfonamides is 1. The Morgan fingerprint density at radius 3 is 2.62 bits per heavy atom. The average molecular weight is 353 g/mol. The van der Waals surface area contributed by atoms with E-state index in [1.54, 1.807) is 11.0 Å². The van der Waals surface area contributed by atoms with E-state index >= 15 is 0 Å². The predicted molar refractivity (Wildman–Crippen MR) is 85.7 cm³/mol. The Balaban J connectivity index is 1.98. The zero-order chi connectivity index (χ0) is 17.6. The molecule has 0 aliphatic rings. The number of carbonyl (C=O) groups is 1. The fraction of sp³-hybridized carbons (Fsp3) is 0.357. The van der Waals surface area contributed by atoms with Crippen LogP contribution < -0.4 is 10.0 Å². The maximum Gasteiger partial charge on any atom is 0.251 e. The van der Waals surface area contributed by atoms with E-state index in [0.29, 0.717) is 12.1 Å². The lowest BCUT2D eigenvalue weighted by molar-refractivity contribution is 0.0936. The summed E-state index contributed by atoms with van der Waals surface area (Å²) < 4.78 is 27.6. The summed E-state index contributed by atoms with van der Waals surface area (Å²) in [5.74, 6) is -0.310. The first-order valence-electron chi connectivity index (χ1n) is 7.26. The minimum atomic E-state index is -3.68. The molecule has 0 saturated heterocycles. The number of amides is 1. The number of aromatic nitrogens is 3. The van der Waals surface area contributed by atoms with Crippen molar-refractivity contribution in [1.29, 1.82) is 0 Å². The van der Waals surface area contributed by atoms with Gasteiger partial charge in [0.2, 0.25) is 10.0 Å². The van der Waals surface area contributed by atoms with Gasteiger partial charge in [0, 0.05) is 18.2 Å². The van der Waals surface area contributed by atoms with Crippen molar-refractivity contribution in [1.82, 2.24) is 24.8 Å². The van der Waals surface area contributed by atoms with Gasteiger partial charge in [-0.05, 0) is 31.2 Å². The molecule has 10 heteroatoms. The van der Waals surface area contributed by atoms with Crippen LogP contribution in [-0.4, -0.2) is 53.4 Å². The number of nitrogens with zero attached hydrogens (tertiary/aromatic N) is 3. The predicted octanol–water partition coefficient (Wildman–Crippen LogP) is -0.633. The van der Waals surface area contributed by atoms with Gasteiger partial charge in [0.1, 0.15) is 12.7 Å². The normalized spacial score (nSPS) is 12.8. The van der Waals surface area contributed by atoms with E-state index in [2.05, 4.69) is 20.1 Å². The van der Waals surface area contributed by atoms with Crippen molar-refractivity contribution >= 4 is 15.9 Å². The van der Waals surface area contributed by atoms with Gasteiger partial charge in [-0.2, -0.15) is 5.10 Å². The number of rotatable bonds is 8. The number of aliphatic hydroxyl groups excluding tert-OH is 1. The van der Waals surface area contributed by atoms with Crippen LogP contribution in [0, 0.1) is 0 Å². The maximum atomic E-state index is 12.2. The van der Waals surface area contributed by atoms with Gasteiger partial charge >= 0.3 is 0 Å². The monoisotopic (exact) mass is 353 g/mol. The van der Waals surface area contributed by atoms with Crippen LogP contribution in [0.2, 0.25) is 0 Å². The second-order valence-corrected chi connectivity index (χ2v) is 6.90. The molecule has 2 rings (SSSR count). The molecular weight excluding hydrogens is 334 g/mol. The third-order valence-corrected chi connectivity index (χ3v) is 4.61. The fourth-order valence-corrected chi connectivity index (χ4v) is 3.03. The fourth-order valence-electron chi connectivity index (χ4n) is 2.01. The molecule has 3 N–H and O–H groups in total. The highest BCUT2D eigenvalue weighted by Gasteiger charge is 2.15. The van der Waals surface area contributed by atoms with Crippen molar-refractivity contribution in [3.63, 3.8) is 0 Å². The zero-order valence-electron chi connectivity index (χ0n) is 13.1. The number of hydrogen-bond donors (Lipinski definition) is 3. The first-order valence-corrected chi connectivity index (χ1v) is 8.74. The Bertz CT molecular complexity index is 759. The number of carbonyl (C=O) groups excluding carboxylic acids is 1. The molecule has 0 spiro atoms. The molecule has 130 valence electrons. The van der Waals surface area contributed by atoms with Crippen LogP contribution in [0.15, 0.2) is 41.8 Å². The van der Waals surface area contributed by atoms with E-state index in [0.717, 1.165) is 0 Å². The van der Waals surface area contributed by atoms with E-state index in [4.69, 9.17) is 5.11 Å². The number of hydrogen-bond acceptors (Lipinski definition) is 6. The topological polar surface area (TPSA) is 126 Å². The summed E-state index contributed by atoms with van der Waals surface area (Å²) in [7, 11) is -3.68. The lowest BCUT2D eigenvalue weighted by Gasteiger charge is -2.14. The molecule has 0 bridgehead atoms. The molecule has 1 aromatic carbocycles. The van der Waals surface area contributed by atoms with E-state index in [-0.39, 0.29) is 30.0 Å². The first-order chi connectivity index (χ1) is 11.4. The molecule has 24 heavy (non-hydrogen) atoms. The largest absolute Gasteiger partial charge is 0.395 e. The molecule has 0 saturated carbocycles. The van der Waals surface area contributed by atoms with E-state index in [1.807, 2.05) is 6.92 Å². The molecule has 1 atom stereocenters. The number of nitrogens with one attached hydrogen (secondary N) is 2. The minimum Gasteiger partial charge on any atom is -0.395 e. The van der Waals surface area contributed by atoms with E-state index < -0.39 is 10.0 Å². The first kappa shape index (κ1) is 18.0. The lowest BCUT2D eigenvalue weighted by atomic mass is 10.2. The van der Waals surface area contributed by atoms with Crippen molar-refractivity contribution in [2.75, 3.05) is 13.2 Å². The van der Waals surface area contributed by atoms with Crippen molar-refractivity contribution in [2.24, 2.45) is 0 Å². The van der Waals surface area contributed by atoms with Crippen LogP contribution in [0.25, 0.3) is 0 Å². The van der Waals surface area contributed by atoms with E-state index in [9.17, 15) is 13.2 Å². The van der Waals surface area contributed by atoms with Crippen LogP contribution in [0.3, 0.4) is 0 Å². The molecule has 0 fully saturated rings. The van der Waals surface area contributed by atoms with Gasteiger partial charge in [-0.15, -0.1) is 0 Å². The second-order valence-electron chi connectivity index (χ2n) is 5.14. The van der Waals surface area contributed by atoms with Gasteiger partial charge in [0.25, 0.3) is 5.91 Å². The van der Waals surface area contributed by atoms with Crippen molar-refractivity contribution in [3.05, 3.63) is 42.5 Å². The van der Waals surface area contributed by atoms with Crippen LogP contribution in [0.4, 0.5) is 0 Å². The number of aliphatic hydroxyl groups is 1. The average Bonchev–Trinajstić information content (AvgIpc) is 3.05. The van der Waals surface area contributed by atoms with Gasteiger partial charge in [0.15, 0.2) is 0 Å². The summed E-state index contributed by atoms with van der Waals surface area (Å²) in [5.41, 5.74) is 0.349. The summed E-state index contributed by atoms with van der Waals surface area (Å²) in [4.78, 5) is 16.0. The smallest absolute Gasteiger partial charge is 0.251 e. The molecule has 1 aromatic heterocycles. The summed E-state index contributed by atoms with van der Waals surface area (Å²) in [6.45, 7) is 1.95. The molecule has 0 unspecified atom stereocenters. The van der Waals surface area contributed by atoms with Crippen molar-refractivity contribution in [2.45, 2.75) is 24.4 Å². The Kier molecular flexibility index (Phi) is 6.01. The summed E-state index contributed by atoms with van der Waals surface area (Å²) >= 11 is 0. The van der Waals surface area contributed by atoms with Crippen LogP contribution >= 0.6 is 0 Å². The van der Waals surface area contributed by atoms with Crippen molar-refractivity contribution in [3.8, 4) is 0 Å². The molecular formula is C14H19N5O4S.